The van der Waals surface area contributed by atoms with E-state index in [9.17, 15) is 9.59 Å². The molecule has 0 aromatic heterocycles. The zero-order valence-electron chi connectivity index (χ0n) is 11.7. The van der Waals surface area contributed by atoms with Crippen LogP contribution in [0.2, 0.25) is 0 Å². The van der Waals surface area contributed by atoms with Gasteiger partial charge in [0.05, 0.1) is 5.56 Å². The van der Waals surface area contributed by atoms with Crippen molar-refractivity contribution in [3.8, 4) is 0 Å². The van der Waals surface area contributed by atoms with Crippen molar-refractivity contribution >= 4 is 17.7 Å². The summed E-state index contributed by atoms with van der Waals surface area (Å²) in [6.07, 6.45) is 0. The number of aromatic carboxylic acids is 1. The molecule has 5 heteroatoms. The van der Waals surface area contributed by atoms with Gasteiger partial charge in [-0.2, -0.15) is 0 Å². The second-order valence-electron chi connectivity index (χ2n) is 5.04. The molecule has 2 amide bonds. The van der Waals surface area contributed by atoms with Crippen LogP contribution in [0.15, 0.2) is 18.2 Å². The number of carboxylic acid groups (broad SMARTS) is 1. The first-order valence-corrected chi connectivity index (χ1v) is 6.17. The van der Waals surface area contributed by atoms with Crippen molar-refractivity contribution in [3.63, 3.8) is 0 Å². The van der Waals surface area contributed by atoms with Crippen molar-refractivity contribution in [2.24, 2.45) is 5.92 Å². The molecular formula is C14H20N2O3. The van der Waals surface area contributed by atoms with Crippen molar-refractivity contribution in [2.45, 2.75) is 20.8 Å². The van der Waals surface area contributed by atoms with E-state index in [-0.39, 0.29) is 11.6 Å². The summed E-state index contributed by atoms with van der Waals surface area (Å²) in [5.74, 6) is -0.631. The number of carbonyl (C=O) groups excluding carboxylic acids is 1. The van der Waals surface area contributed by atoms with Crippen molar-refractivity contribution < 1.29 is 14.7 Å². The van der Waals surface area contributed by atoms with E-state index in [4.69, 9.17) is 5.11 Å². The second kappa shape index (κ2) is 6.22. The number of aryl methyl sites for hydroxylation is 1. The van der Waals surface area contributed by atoms with E-state index in [0.29, 0.717) is 18.2 Å². The molecule has 0 saturated heterocycles. The maximum Gasteiger partial charge on any atom is 0.335 e. The van der Waals surface area contributed by atoms with E-state index < -0.39 is 5.97 Å². The van der Waals surface area contributed by atoms with Gasteiger partial charge in [-0.25, -0.2) is 9.59 Å². The molecule has 0 aliphatic carbocycles. The number of carbonyl (C=O) groups is 2. The molecule has 5 nitrogen and oxygen atoms in total. The van der Waals surface area contributed by atoms with Gasteiger partial charge in [-0.3, -0.25) is 0 Å². The maximum absolute atomic E-state index is 11.9. The molecular weight excluding hydrogens is 244 g/mol. The smallest absolute Gasteiger partial charge is 0.335 e. The predicted molar refractivity (Wildman–Crippen MR) is 74.6 cm³/mol. The molecule has 1 rings (SSSR count). The van der Waals surface area contributed by atoms with Gasteiger partial charge in [-0.15, -0.1) is 0 Å². The van der Waals surface area contributed by atoms with Gasteiger partial charge in [0.25, 0.3) is 0 Å². The van der Waals surface area contributed by atoms with Crippen LogP contribution in [0, 0.1) is 12.8 Å². The Morgan fingerprint density at radius 1 is 1.37 bits per heavy atom. The van der Waals surface area contributed by atoms with Gasteiger partial charge in [0.15, 0.2) is 0 Å². The highest BCUT2D eigenvalue weighted by molar-refractivity contribution is 5.93. The number of nitrogens with zero attached hydrogens (tertiary/aromatic N) is 1. The Balaban J connectivity index is 2.84. The highest BCUT2D eigenvalue weighted by atomic mass is 16.4. The van der Waals surface area contributed by atoms with Crippen molar-refractivity contribution in [2.75, 3.05) is 18.9 Å². The summed E-state index contributed by atoms with van der Waals surface area (Å²) in [5.41, 5.74) is 1.52. The molecule has 104 valence electrons. The second-order valence-corrected chi connectivity index (χ2v) is 5.04. The van der Waals surface area contributed by atoms with E-state index in [2.05, 4.69) is 5.32 Å². The average Bonchev–Trinajstić information content (AvgIpc) is 2.30. The Labute approximate surface area is 113 Å². The third kappa shape index (κ3) is 4.28. The summed E-state index contributed by atoms with van der Waals surface area (Å²) in [4.78, 5) is 24.4. The predicted octanol–water partition coefficient (Wildman–Crippen LogP) is 2.81. The van der Waals surface area contributed by atoms with Crippen LogP contribution >= 0.6 is 0 Å². The summed E-state index contributed by atoms with van der Waals surface area (Å²) in [6.45, 7) is 6.52. The normalized spacial score (nSPS) is 10.4. The highest BCUT2D eigenvalue weighted by Crippen LogP contribution is 2.17. The summed E-state index contributed by atoms with van der Waals surface area (Å²) in [6, 6.07) is 4.44. The summed E-state index contributed by atoms with van der Waals surface area (Å²) in [5, 5.41) is 11.7. The molecule has 0 aliphatic rings. The molecule has 2 N–H and O–H groups in total. The summed E-state index contributed by atoms with van der Waals surface area (Å²) in [7, 11) is 1.71. The monoisotopic (exact) mass is 264 g/mol. The molecule has 0 saturated carbocycles. The average molecular weight is 264 g/mol. The zero-order chi connectivity index (χ0) is 14.6. The van der Waals surface area contributed by atoms with E-state index in [1.807, 2.05) is 20.8 Å². The van der Waals surface area contributed by atoms with Crippen LogP contribution in [-0.2, 0) is 0 Å². The van der Waals surface area contributed by atoms with E-state index in [1.165, 1.54) is 12.1 Å². The van der Waals surface area contributed by atoms with Crippen LogP contribution in [-0.4, -0.2) is 35.6 Å². The van der Waals surface area contributed by atoms with Crippen LogP contribution < -0.4 is 5.32 Å². The van der Waals surface area contributed by atoms with Crippen molar-refractivity contribution in [1.82, 2.24) is 4.90 Å². The molecule has 19 heavy (non-hydrogen) atoms. The fourth-order valence-corrected chi connectivity index (χ4v) is 1.73. The summed E-state index contributed by atoms with van der Waals surface area (Å²) < 4.78 is 0. The molecule has 0 atom stereocenters. The molecule has 1 aromatic rings. The summed E-state index contributed by atoms with van der Waals surface area (Å²) >= 11 is 0. The first-order valence-electron chi connectivity index (χ1n) is 6.17. The highest BCUT2D eigenvalue weighted by Gasteiger charge is 2.13. The first kappa shape index (κ1) is 15.0. The molecule has 0 bridgehead atoms. The largest absolute Gasteiger partial charge is 0.478 e. The Morgan fingerprint density at radius 3 is 2.53 bits per heavy atom. The molecule has 0 unspecified atom stereocenters. The Morgan fingerprint density at radius 2 is 2.00 bits per heavy atom. The minimum Gasteiger partial charge on any atom is -0.478 e. The van der Waals surface area contributed by atoms with Gasteiger partial charge < -0.3 is 15.3 Å². The van der Waals surface area contributed by atoms with Crippen molar-refractivity contribution in [1.29, 1.82) is 0 Å². The van der Waals surface area contributed by atoms with E-state index >= 15 is 0 Å². The number of hydrogen-bond acceptors (Lipinski definition) is 2. The van der Waals surface area contributed by atoms with Gasteiger partial charge in [-0.05, 0) is 30.5 Å². The molecule has 0 fully saturated rings. The number of benzene rings is 1. The van der Waals surface area contributed by atoms with Crippen LogP contribution in [0.3, 0.4) is 0 Å². The molecule has 0 aliphatic heterocycles. The molecule has 0 spiro atoms. The van der Waals surface area contributed by atoms with Gasteiger partial charge in [0.2, 0.25) is 0 Å². The lowest BCUT2D eigenvalue weighted by Crippen LogP contribution is -2.34. The number of anilines is 1. The van der Waals surface area contributed by atoms with Gasteiger partial charge in [-0.1, -0.05) is 19.9 Å². The first-order chi connectivity index (χ1) is 8.81. The fraction of sp³-hybridized carbons (Fsp3) is 0.429. The lowest BCUT2D eigenvalue weighted by molar-refractivity contribution is 0.0697. The van der Waals surface area contributed by atoms with Crippen molar-refractivity contribution in [3.05, 3.63) is 29.3 Å². The lowest BCUT2D eigenvalue weighted by Gasteiger charge is -2.20. The number of urea groups is 1. The topological polar surface area (TPSA) is 69.6 Å². The Hall–Kier alpha value is -2.04. The Bertz CT molecular complexity index is 484. The van der Waals surface area contributed by atoms with Gasteiger partial charge in [0.1, 0.15) is 0 Å². The molecule has 0 radical (unpaired) electrons. The molecule has 1 aromatic carbocycles. The lowest BCUT2D eigenvalue weighted by atomic mass is 10.1. The quantitative estimate of drug-likeness (QED) is 0.878. The van der Waals surface area contributed by atoms with Crippen LogP contribution in [0.25, 0.3) is 0 Å². The van der Waals surface area contributed by atoms with E-state index in [0.717, 1.165) is 5.56 Å². The fourth-order valence-electron chi connectivity index (χ4n) is 1.73. The van der Waals surface area contributed by atoms with Crippen LogP contribution in [0.1, 0.15) is 29.8 Å². The molecule has 0 heterocycles. The van der Waals surface area contributed by atoms with Gasteiger partial charge in [0, 0.05) is 19.3 Å². The minimum atomic E-state index is -1.01. The SMILES string of the molecule is Cc1ccc(C(=O)O)cc1NC(=O)N(C)CC(C)C. The minimum absolute atomic E-state index is 0.160. The number of hydrogen-bond donors (Lipinski definition) is 2. The zero-order valence-corrected chi connectivity index (χ0v) is 11.7. The number of rotatable bonds is 4. The number of amides is 2. The Kier molecular flexibility index (Phi) is 4.92. The van der Waals surface area contributed by atoms with Gasteiger partial charge >= 0.3 is 12.0 Å². The standard InChI is InChI=1S/C14H20N2O3/c1-9(2)8-16(4)14(19)15-12-7-11(13(17)18)6-5-10(12)3/h5-7,9H,8H2,1-4H3,(H,15,19)(H,17,18). The maximum atomic E-state index is 11.9. The third-order valence-electron chi connectivity index (χ3n) is 2.71. The number of nitrogens with one attached hydrogen (secondary N) is 1. The van der Waals surface area contributed by atoms with Crippen LogP contribution in [0.4, 0.5) is 10.5 Å². The third-order valence-corrected chi connectivity index (χ3v) is 2.71. The van der Waals surface area contributed by atoms with Crippen LogP contribution in [0.5, 0.6) is 0 Å². The number of carboxylic acids is 1. The van der Waals surface area contributed by atoms with E-state index in [1.54, 1.807) is 18.0 Å².